The molecule has 3 heteroatoms. The Morgan fingerprint density at radius 3 is 2.71 bits per heavy atom. The molecule has 0 bridgehead atoms. The highest BCUT2D eigenvalue weighted by molar-refractivity contribution is 5.99. The number of benzene rings is 2. The van der Waals surface area contributed by atoms with E-state index in [9.17, 15) is 4.79 Å². The molecule has 0 radical (unpaired) electrons. The maximum atomic E-state index is 12.0. The van der Waals surface area contributed by atoms with Crippen molar-refractivity contribution < 1.29 is 4.79 Å². The summed E-state index contributed by atoms with van der Waals surface area (Å²) in [5, 5.41) is 6.61. The minimum atomic E-state index is 0.0378. The first-order valence-corrected chi connectivity index (χ1v) is 7.25. The zero-order valence-corrected chi connectivity index (χ0v) is 11.5. The van der Waals surface area contributed by atoms with Gasteiger partial charge in [-0.3, -0.25) is 4.79 Å². The molecule has 21 heavy (non-hydrogen) atoms. The first kappa shape index (κ1) is 12.2. The van der Waals surface area contributed by atoms with Crippen LogP contribution in [0.25, 0.3) is 6.08 Å². The highest BCUT2D eigenvalue weighted by Crippen LogP contribution is 2.31. The van der Waals surface area contributed by atoms with Crippen LogP contribution in [0.4, 0.5) is 5.69 Å². The van der Waals surface area contributed by atoms with Crippen LogP contribution in [0.2, 0.25) is 0 Å². The number of hydrogen-bond donors (Lipinski definition) is 2. The van der Waals surface area contributed by atoms with E-state index in [1.54, 1.807) is 0 Å². The molecular weight excluding hydrogens is 260 g/mol. The van der Waals surface area contributed by atoms with Crippen molar-refractivity contribution in [2.75, 3.05) is 5.32 Å². The van der Waals surface area contributed by atoms with Crippen LogP contribution in [0.15, 0.2) is 54.6 Å². The van der Waals surface area contributed by atoms with Gasteiger partial charge in [0.05, 0.1) is 6.04 Å². The Bertz CT molecular complexity index is 736. The molecule has 3 nitrogen and oxygen atoms in total. The van der Waals surface area contributed by atoms with Crippen LogP contribution in [0, 0.1) is 0 Å². The Morgan fingerprint density at radius 1 is 0.952 bits per heavy atom. The lowest BCUT2D eigenvalue weighted by atomic mass is 9.96. The Kier molecular flexibility index (Phi) is 2.78. The van der Waals surface area contributed by atoms with Crippen LogP contribution in [0.1, 0.15) is 33.9 Å². The number of carbonyl (C=O) groups excluding carboxylic acids is 1. The highest BCUT2D eigenvalue weighted by Gasteiger charge is 2.29. The molecule has 0 spiro atoms. The molecule has 4 rings (SSSR count). The molecule has 2 aromatic carbocycles. The van der Waals surface area contributed by atoms with Crippen LogP contribution < -0.4 is 10.6 Å². The summed E-state index contributed by atoms with van der Waals surface area (Å²) in [4.78, 5) is 12.0. The van der Waals surface area contributed by atoms with E-state index in [4.69, 9.17) is 0 Å². The number of carbonyl (C=O) groups is 1. The lowest BCUT2D eigenvalue weighted by Crippen LogP contribution is -2.27. The monoisotopic (exact) mass is 276 g/mol. The predicted octanol–water partition coefficient (Wildman–Crippen LogP) is 3.37. The van der Waals surface area contributed by atoms with E-state index >= 15 is 0 Å². The van der Waals surface area contributed by atoms with Gasteiger partial charge in [0.1, 0.15) is 0 Å². The predicted molar refractivity (Wildman–Crippen MR) is 84.2 cm³/mol. The van der Waals surface area contributed by atoms with Gasteiger partial charge in [-0.2, -0.15) is 0 Å². The maximum absolute atomic E-state index is 12.0. The van der Waals surface area contributed by atoms with Crippen molar-refractivity contribution in [3.8, 4) is 0 Å². The summed E-state index contributed by atoms with van der Waals surface area (Å²) in [5.74, 6) is 0.0378. The summed E-state index contributed by atoms with van der Waals surface area (Å²) in [5.41, 5.74) is 4.28. The third-order valence-corrected chi connectivity index (χ3v) is 4.19. The molecule has 0 aliphatic carbocycles. The van der Waals surface area contributed by atoms with E-state index in [2.05, 4.69) is 34.9 Å². The molecule has 2 aliphatic rings. The molecular formula is C18H16N2O. The first-order chi connectivity index (χ1) is 10.3. The quantitative estimate of drug-likeness (QED) is 0.883. The number of nitrogens with one attached hydrogen (secondary N) is 2. The molecule has 0 fully saturated rings. The van der Waals surface area contributed by atoms with Crippen LogP contribution in [0.3, 0.4) is 0 Å². The lowest BCUT2D eigenvalue weighted by molar-refractivity contribution is 0.0955. The Hall–Kier alpha value is -2.55. The molecule has 1 amide bonds. The lowest BCUT2D eigenvalue weighted by Gasteiger charge is -2.25. The highest BCUT2D eigenvalue weighted by atomic mass is 16.2. The number of hydrogen-bond acceptors (Lipinski definition) is 2. The number of rotatable bonds is 2. The number of fused-ring (bicyclic) bond motifs is 2. The van der Waals surface area contributed by atoms with Crippen LogP contribution >= 0.6 is 0 Å². The van der Waals surface area contributed by atoms with E-state index in [1.807, 2.05) is 36.4 Å². The van der Waals surface area contributed by atoms with Gasteiger partial charge in [-0.05, 0) is 29.7 Å². The normalized spacial score (nSPS) is 22.2. The van der Waals surface area contributed by atoms with E-state index in [0.717, 1.165) is 23.2 Å². The van der Waals surface area contributed by atoms with E-state index in [1.165, 1.54) is 5.56 Å². The van der Waals surface area contributed by atoms with Crippen molar-refractivity contribution in [2.24, 2.45) is 0 Å². The Balaban J connectivity index is 1.55. The van der Waals surface area contributed by atoms with Crippen molar-refractivity contribution >= 4 is 17.7 Å². The van der Waals surface area contributed by atoms with Gasteiger partial charge in [-0.1, -0.05) is 48.6 Å². The second-order valence-electron chi connectivity index (χ2n) is 5.55. The average molecular weight is 276 g/mol. The van der Waals surface area contributed by atoms with Crippen molar-refractivity contribution in [2.45, 2.75) is 18.5 Å². The standard InChI is InChI=1S/C18H16N2O/c21-18-15-7-3-2-6-14(15)17(20-18)11-13-10-9-12-5-1-4-8-16(12)19-13/h1-10,13,17,19H,11H2,(H,20,21). The zero-order chi connectivity index (χ0) is 14.2. The van der Waals surface area contributed by atoms with Crippen molar-refractivity contribution in [1.82, 2.24) is 5.32 Å². The zero-order valence-electron chi connectivity index (χ0n) is 11.5. The molecule has 2 heterocycles. The summed E-state index contributed by atoms with van der Waals surface area (Å²) in [6.07, 6.45) is 5.18. The third-order valence-electron chi connectivity index (χ3n) is 4.19. The van der Waals surface area contributed by atoms with E-state index in [-0.39, 0.29) is 18.0 Å². The minimum Gasteiger partial charge on any atom is -0.378 e. The molecule has 2 aromatic rings. The van der Waals surface area contributed by atoms with Crippen LogP contribution in [-0.2, 0) is 0 Å². The second-order valence-corrected chi connectivity index (χ2v) is 5.55. The Morgan fingerprint density at radius 2 is 1.76 bits per heavy atom. The molecule has 0 saturated heterocycles. The molecule has 2 aliphatic heterocycles. The summed E-state index contributed by atoms with van der Waals surface area (Å²) in [7, 11) is 0. The van der Waals surface area contributed by atoms with Crippen LogP contribution in [-0.4, -0.2) is 11.9 Å². The van der Waals surface area contributed by atoms with Gasteiger partial charge in [0.25, 0.3) is 5.91 Å². The van der Waals surface area contributed by atoms with Gasteiger partial charge in [0.15, 0.2) is 0 Å². The van der Waals surface area contributed by atoms with E-state index < -0.39 is 0 Å². The van der Waals surface area contributed by atoms with Crippen molar-refractivity contribution in [1.29, 1.82) is 0 Å². The largest absolute Gasteiger partial charge is 0.378 e. The molecule has 2 N–H and O–H groups in total. The van der Waals surface area contributed by atoms with Gasteiger partial charge in [-0.25, -0.2) is 0 Å². The summed E-state index contributed by atoms with van der Waals surface area (Å²) in [6.45, 7) is 0. The fraction of sp³-hybridized carbons (Fsp3) is 0.167. The first-order valence-electron chi connectivity index (χ1n) is 7.25. The molecule has 2 unspecified atom stereocenters. The number of para-hydroxylation sites is 1. The molecule has 104 valence electrons. The maximum Gasteiger partial charge on any atom is 0.252 e. The topological polar surface area (TPSA) is 41.1 Å². The SMILES string of the molecule is O=C1NC(CC2C=Cc3ccccc3N2)c2ccccc21. The van der Waals surface area contributed by atoms with Gasteiger partial charge in [0, 0.05) is 17.3 Å². The number of amides is 1. The average Bonchev–Trinajstić information content (AvgIpc) is 2.84. The summed E-state index contributed by atoms with van der Waals surface area (Å²) < 4.78 is 0. The molecule has 0 aromatic heterocycles. The third kappa shape index (κ3) is 2.11. The van der Waals surface area contributed by atoms with Gasteiger partial charge >= 0.3 is 0 Å². The van der Waals surface area contributed by atoms with Gasteiger partial charge < -0.3 is 10.6 Å². The van der Waals surface area contributed by atoms with Crippen molar-refractivity contribution in [3.63, 3.8) is 0 Å². The summed E-state index contributed by atoms with van der Waals surface area (Å²) in [6, 6.07) is 16.4. The molecule has 2 atom stereocenters. The summed E-state index contributed by atoms with van der Waals surface area (Å²) >= 11 is 0. The number of anilines is 1. The van der Waals surface area contributed by atoms with Gasteiger partial charge in [-0.15, -0.1) is 0 Å². The van der Waals surface area contributed by atoms with E-state index in [0.29, 0.717) is 0 Å². The fourth-order valence-electron chi connectivity index (χ4n) is 3.14. The second kappa shape index (κ2) is 4.77. The molecule has 0 saturated carbocycles. The van der Waals surface area contributed by atoms with Gasteiger partial charge in [0.2, 0.25) is 0 Å². The minimum absolute atomic E-state index is 0.0378. The fourth-order valence-corrected chi connectivity index (χ4v) is 3.14. The van der Waals surface area contributed by atoms with Crippen molar-refractivity contribution in [3.05, 3.63) is 71.3 Å². The van der Waals surface area contributed by atoms with Crippen LogP contribution in [0.5, 0.6) is 0 Å². The smallest absolute Gasteiger partial charge is 0.252 e. The Labute approximate surface area is 123 Å².